The summed E-state index contributed by atoms with van der Waals surface area (Å²) >= 11 is 0. The van der Waals surface area contributed by atoms with Crippen LogP contribution in [-0.4, -0.2) is 31.1 Å². The quantitative estimate of drug-likeness (QED) is 0.233. The van der Waals surface area contributed by atoms with Gasteiger partial charge in [-0.1, -0.05) is 86.6 Å². The number of benzene rings is 4. The van der Waals surface area contributed by atoms with Gasteiger partial charge in [-0.25, -0.2) is 8.37 Å². The molecule has 0 aliphatic heterocycles. The fourth-order valence-electron chi connectivity index (χ4n) is 4.12. The van der Waals surface area contributed by atoms with Crippen molar-refractivity contribution in [3.63, 3.8) is 0 Å². The predicted octanol–water partition coefficient (Wildman–Crippen LogP) is 5.89. The van der Waals surface area contributed by atoms with Crippen LogP contribution in [0.15, 0.2) is 97.1 Å². The fraction of sp³-hybridized carbons (Fsp3) is 0.172. The summed E-state index contributed by atoms with van der Waals surface area (Å²) in [5.74, 6) is 0.252. The fourth-order valence-corrected chi connectivity index (χ4v) is 4.99. The Balaban J connectivity index is 1.85. The molecule has 0 saturated carbocycles. The Kier molecular flexibility index (Phi) is 8.12. The maximum Gasteiger partial charge on any atom is 0.448 e. The van der Waals surface area contributed by atoms with Gasteiger partial charge in [0.15, 0.2) is 11.5 Å². The van der Waals surface area contributed by atoms with Crippen molar-refractivity contribution in [1.29, 1.82) is 0 Å². The van der Waals surface area contributed by atoms with Crippen molar-refractivity contribution in [2.75, 3.05) is 14.2 Å². The second-order valence-corrected chi connectivity index (χ2v) is 11.7. The third-order valence-electron chi connectivity index (χ3n) is 6.36. The minimum Gasteiger partial charge on any atom is -0.361 e. The molecule has 0 spiro atoms. The zero-order valence-corrected chi connectivity index (χ0v) is 23.5. The first-order chi connectivity index (χ1) is 18.5. The van der Waals surface area contributed by atoms with Crippen molar-refractivity contribution in [2.24, 2.45) is 0 Å². The zero-order chi connectivity index (χ0) is 28.3. The highest BCUT2D eigenvalue weighted by molar-refractivity contribution is 7.82. The van der Waals surface area contributed by atoms with Crippen molar-refractivity contribution in [3.8, 4) is 33.8 Å². The van der Waals surface area contributed by atoms with E-state index in [-0.39, 0.29) is 11.5 Å². The van der Waals surface area contributed by atoms with Crippen LogP contribution in [0.5, 0.6) is 11.5 Å². The average Bonchev–Trinajstić information content (AvgIpc) is 2.94. The Labute approximate surface area is 229 Å². The summed E-state index contributed by atoms with van der Waals surface area (Å²) < 4.78 is 67.7. The van der Waals surface area contributed by atoms with Crippen LogP contribution in [0.25, 0.3) is 22.3 Å². The first-order valence-electron chi connectivity index (χ1n) is 11.9. The van der Waals surface area contributed by atoms with Crippen molar-refractivity contribution < 1.29 is 33.6 Å². The number of hydrogen-bond acceptors (Lipinski definition) is 8. The van der Waals surface area contributed by atoms with Crippen LogP contribution in [0.1, 0.15) is 25.0 Å². The molecule has 0 saturated heterocycles. The lowest BCUT2D eigenvalue weighted by atomic mass is 9.76. The molecule has 0 amide bonds. The molecule has 4 aromatic rings. The lowest BCUT2D eigenvalue weighted by Crippen LogP contribution is -2.20. The Morgan fingerprint density at radius 3 is 1.23 bits per heavy atom. The second kappa shape index (κ2) is 11.2. The predicted molar refractivity (Wildman–Crippen MR) is 149 cm³/mol. The summed E-state index contributed by atoms with van der Waals surface area (Å²) in [7, 11) is -6.41. The van der Waals surface area contributed by atoms with Crippen molar-refractivity contribution >= 4 is 20.8 Å². The van der Waals surface area contributed by atoms with Crippen LogP contribution in [0, 0.1) is 0 Å². The summed E-state index contributed by atoms with van der Waals surface area (Å²) in [6, 6.07) is 29.0. The molecule has 4 aromatic carbocycles. The van der Waals surface area contributed by atoms with Gasteiger partial charge in [-0.2, -0.15) is 16.8 Å². The molecule has 0 unspecified atom stereocenters. The molecule has 0 radical (unpaired) electrons. The molecule has 39 heavy (non-hydrogen) atoms. The smallest absolute Gasteiger partial charge is 0.361 e. The average molecular weight is 569 g/mol. The summed E-state index contributed by atoms with van der Waals surface area (Å²) in [5.41, 5.74) is 3.77. The number of hydrogen-bond donors (Lipinski definition) is 0. The SMILES string of the molecule is COS(=O)(=O)Oc1ccc(C(C)(C)c2ccc(OS(=O)(=O)OC)c(-c3ccccc3)c2)cc1-c1ccccc1. The van der Waals surface area contributed by atoms with Crippen LogP contribution >= 0.6 is 0 Å². The maximum atomic E-state index is 12.1. The summed E-state index contributed by atoms with van der Waals surface area (Å²) in [4.78, 5) is 0. The molecule has 0 heterocycles. The highest BCUT2D eigenvalue weighted by Gasteiger charge is 2.27. The number of rotatable bonds is 10. The van der Waals surface area contributed by atoms with E-state index in [1.165, 1.54) is 0 Å². The molecule has 0 N–H and O–H groups in total. The van der Waals surface area contributed by atoms with Gasteiger partial charge in [0.2, 0.25) is 0 Å². The van der Waals surface area contributed by atoms with E-state index < -0.39 is 26.2 Å². The Hall–Kier alpha value is -3.70. The van der Waals surface area contributed by atoms with E-state index in [0.29, 0.717) is 11.1 Å². The van der Waals surface area contributed by atoms with E-state index >= 15 is 0 Å². The van der Waals surface area contributed by atoms with E-state index in [1.807, 2.05) is 86.6 Å². The van der Waals surface area contributed by atoms with Crippen LogP contribution in [0.2, 0.25) is 0 Å². The van der Waals surface area contributed by atoms with Crippen LogP contribution in [0.4, 0.5) is 0 Å². The third-order valence-corrected chi connectivity index (χ3v) is 7.95. The van der Waals surface area contributed by atoms with Gasteiger partial charge in [0.25, 0.3) is 0 Å². The van der Waals surface area contributed by atoms with E-state index in [1.54, 1.807) is 24.3 Å². The van der Waals surface area contributed by atoms with E-state index in [0.717, 1.165) is 36.5 Å². The normalized spacial score (nSPS) is 12.2. The van der Waals surface area contributed by atoms with E-state index in [9.17, 15) is 16.8 Å². The lowest BCUT2D eigenvalue weighted by Gasteiger charge is -2.28. The third kappa shape index (κ3) is 6.48. The summed E-state index contributed by atoms with van der Waals surface area (Å²) in [6.07, 6.45) is 0. The molecule has 0 fully saturated rings. The highest BCUT2D eigenvalue weighted by atomic mass is 32.3. The first-order valence-corrected chi connectivity index (χ1v) is 14.5. The van der Waals surface area contributed by atoms with Gasteiger partial charge in [-0.3, -0.25) is 0 Å². The van der Waals surface area contributed by atoms with Crippen LogP contribution in [-0.2, 0) is 34.6 Å². The van der Waals surface area contributed by atoms with Crippen molar-refractivity contribution in [3.05, 3.63) is 108 Å². The topological polar surface area (TPSA) is 105 Å². The lowest BCUT2D eigenvalue weighted by molar-refractivity contribution is 0.329. The van der Waals surface area contributed by atoms with E-state index in [2.05, 4.69) is 8.37 Å². The van der Waals surface area contributed by atoms with Crippen LogP contribution < -0.4 is 8.37 Å². The van der Waals surface area contributed by atoms with Gasteiger partial charge in [-0.15, -0.1) is 0 Å². The molecular formula is C29H28O8S2. The Bertz CT molecular complexity index is 1540. The van der Waals surface area contributed by atoms with Gasteiger partial charge in [0.1, 0.15) is 0 Å². The van der Waals surface area contributed by atoms with Gasteiger partial charge < -0.3 is 8.37 Å². The van der Waals surface area contributed by atoms with Crippen molar-refractivity contribution in [2.45, 2.75) is 19.3 Å². The Morgan fingerprint density at radius 2 is 0.897 bits per heavy atom. The van der Waals surface area contributed by atoms with Gasteiger partial charge in [0, 0.05) is 16.5 Å². The molecule has 4 rings (SSSR count). The maximum absolute atomic E-state index is 12.1. The molecule has 10 heteroatoms. The second-order valence-electron chi connectivity index (χ2n) is 9.10. The molecule has 0 atom stereocenters. The molecule has 0 aromatic heterocycles. The standard InChI is InChI=1S/C29H28O8S2/c1-29(2,23-15-17-27(36-38(30,31)34-3)25(19-23)21-11-7-5-8-12-21)24-16-18-28(37-39(32,33)35-4)26(20-24)22-13-9-6-10-14-22/h5-20H,1-4H3. The molecule has 8 nitrogen and oxygen atoms in total. The van der Waals surface area contributed by atoms with Crippen LogP contribution in [0.3, 0.4) is 0 Å². The first kappa shape index (κ1) is 28.3. The monoisotopic (exact) mass is 568 g/mol. The van der Waals surface area contributed by atoms with Gasteiger partial charge >= 0.3 is 20.8 Å². The minimum absolute atomic E-state index is 0.126. The molecule has 0 bridgehead atoms. The van der Waals surface area contributed by atoms with Crippen molar-refractivity contribution in [1.82, 2.24) is 0 Å². The highest BCUT2D eigenvalue weighted by Crippen LogP contribution is 2.41. The largest absolute Gasteiger partial charge is 0.448 e. The summed E-state index contributed by atoms with van der Waals surface area (Å²) in [5, 5.41) is 0. The zero-order valence-electron chi connectivity index (χ0n) is 21.8. The van der Waals surface area contributed by atoms with Gasteiger partial charge in [-0.05, 0) is 46.5 Å². The molecular weight excluding hydrogens is 540 g/mol. The minimum atomic E-state index is -4.24. The van der Waals surface area contributed by atoms with Gasteiger partial charge in [0.05, 0.1) is 14.2 Å². The molecule has 204 valence electrons. The molecule has 0 aliphatic carbocycles. The van der Waals surface area contributed by atoms with E-state index in [4.69, 9.17) is 8.37 Å². The Morgan fingerprint density at radius 1 is 0.538 bits per heavy atom. The molecule has 0 aliphatic rings. The summed E-state index contributed by atoms with van der Waals surface area (Å²) in [6.45, 7) is 4.03.